The highest BCUT2D eigenvalue weighted by Crippen LogP contribution is 2.35. The number of benzene rings is 1. The van der Waals surface area contributed by atoms with Crippen LogP contribution in [0.2, 0.25) is 0 Å². The molecule has 0 spiro atoms. The number of nitro groups is 1. The van der Waals surface area contributed by atoms with E-state index in [0.29, 0.717) is 0 Å². The summed E-state index contributed by atoms with van der Waals surface area (Å²) in [5.41, 5.74) is -0.802. The number of methoxy groups -OCH3 is 1. The van der Waals surface area contributed by atoms with Crippen LogP contribution in [0.15, 0.2) is 12.1 Å². The van der Waals surface area contributed by atoms with E-state index in [2.05, 4.69) is 5.32 Å². The lowest BCUT2D eigenvalue weighted by molar-refractivity contribution is -0.385. The zero-order valence-electron chi connectivity index (χ0n) is 15.4. The van der Waals surface area contributed by atoms with Crippen molar-refractivity contribution in [2.75, 3.05) is 20.3 Å². The first kappa shape index (κ1) is 21.2. The number of carbonyl (C=O) groups is 2. The van der Waals surface area contributed by atoms with Crippen LogP contribution in [0.4, 0.5) is 5.69 Å². The molecule has 0 fully saturated rings. The van der Waals surface area contributed by atoms with E-state index < -0.39 is 29.1 Å². The van der Waals surface area contributed by atoms with Crippen molar-refractivity contribution >= 4 is 17.6 Å². The topological polar surface area (TPSA) is 117 Å². The van der Waals surface area contributed by atoms with Crippen molar-refractivity contribution in [2.24, 2.45) is 0 Å². The van der Waals surface area contributed by atoms with Gasteiger partial charge in [0, 0.05) is 12.1 Å². The maximum atomic E-state index is 12.2. The Hall–Kier alpha value is -2.84. The minimum Gasteiger partial charge on any atom is -0.493 e. The van der Waals surface area contributed by atoms with Crippen molar-refractivity contribution in [1.82, 2.24) is 5.32 Å². The number of esters is 1. The van der Waals surface area contributed by atoms with Gasteiger partial charge < -0.3 is 19.5 Å². The van der Waals surface area contributed by atoms with Crippen molar-refractivity contribution in [3.05, 3.63) is 27.8 Å². The second-order valence-electron chi connectivity index (χ2n) is 5.54. The lowest BCUT2D eigenvalue weighted by Crippen LogP contribution is -2.35. The minimum absolute atomic E-state index is 0.0499. The summed E-state index contributed by atoms with van der Waals surface area (Å²) in [6, 6.07) is 2.22. The Kier molecular flexibility index (Phi) is 8.33. The fourth-order valence-corrected chi connectivity index (χ4v) is 2.32. The molecule has 1 N–H and O–H groups in total. The Labute approximate surface area is 151 Å². The number of nitro benzene ring substituents is 1. The van der Waals surface area contributed by atoms with Crippen LogP contribution < -0.4 is 14.8 Å². The highest BCUT2D eigenvalue weighted by Gasteiger charge is 2.26. The fourth-order valence-electron chi connectivity index (χ4n) is 2.32. The molecule has 1 aromatic carbocycles. The van der Waals surface area contributed by atoms with Crippen molar-refractivity contribution in [3.63, 3.8) is 0 Å². The van der Waals surface area contributed by atoms with E-state index in [-0.39, 0.29) is 29.7 Å². The van der Waals surface area contributed by atoms with Gasteiger partial charge in [0.15, 0.2) is 18.1 Å². The molecule has 9 heteroatoms. The van der Waals surface area contributed by atoms with E-state index in [9.17, 15) is 19.7 Å². The molecule has 1 amide bonds. The Bertz CT molecular complexity index is 661. The Morgan fingerprint density at radius 1 is 1.27 bits per heavy atom. The van der Waals surface area contributed by atoms with Crippen LogP contribution >= 0.6 is 0 Å². The van der Waals surface area contributed by atoms with E-state index in [0.717, 1.165) is 18.9 Å². The smallest absolute Gasteiger partial charge is 0.345 e. The van der Waals surface area contributed by atoms with Gasteiger partial charge in [-0.1, -0.05) is 13.3 Å². The molecule has 0 aliphatic heterocycles. The molecule has 0 aliphatic rings. The molecule has 0 saturated heterocycles. The molecule has 0 unspecified atom stereocenters. The molecule has 1 rings (SSSR count). The lowest BCUT2D eigenvalue weighted by atomic mass is 10.1. The second-order valence-corrected chi connectivity index (χ2v) is 5.54. The van der Waals surface area contributed by atoms with Gasteiger partial charge in [-0.3, -0.25) is 14.9 Å². The third-order valence-electron chi connectivity index (χ3n) is 3.46. The zero-order valence-corrected chi connectivity index (χ0v) is 15.4. The highest BCUT2D eigenvalue weighted by atomic mass is 16.6. The molecular weight excluding hydrogens is 344 g/mol. The van der Waals surface area contributed by atoms with Gasteiger partial charge in [-0.15, -0.1) is 0 Å². The van der Waals surface area contributed by atoms with Gasteiger partial charge in [0.1, 0.15) is 5.56 Å². The van der Waals surface area contributed by atoms with E-state index in [1.807, 2.05) is 13.8 Å². The van der Waals surface area contributed by atoms with Crippen molar-refractivity contribution in [3.8, 4) is 11.5 Å². The highest BCUT2D eigenvalue weighted by molar-refractivity contribution is 5.96. The summed E-state index contributed by atoms with van der Waals surface area (Å²) in [5, 5.41) is 13.9. The number of rotatable bonds is 10. The molecule has 0 heterocycles. The monoisotopic (exact) mass is 368 g/mol. The van der Waals surface area contributed by atoms with Crippen LogP contribution in [0.5, 0.6) is 11.5 Å². The number of hydrogen-bond acceptors (Lipinski definition) is 7. The van der Waals surface area contributed by atoms with E-state index in [1.165, 1.54) is 13.2 Å². The van der Waals surface area contributed by atoms with E-state index in [1.54, 1.807) is 6.92 Å². The molecular formula is C17H24N2O7. The van der Waals surface area contributed by atoms with Crippen LogP contribution in [-0.4, -0.2) is 43.2 Å². The molecule has 0 aromatic heterocycles. The van der Waals surface area contributed by atoms with Crippen LogP contribution in [0, 0.1) is 10.1 Å². The number of carbonyl (C=O) groups excluding carboxylic acids is 2. The van der Waals surface area contributed by atoms with Crippen LogP contribution in [0.1, 0.15) is 44.0 Å². The van der Waals surface area contributed by atoms with Crippen LogP contribution in [0.3, 0.4) is 0 Å². The first-order valence-corrected chi connectivity index (χ1v) is 8.29. The molecule has 0 radical (unpaired) electrons. The molecule has 0 bridgehead atoms. The lowest BCUT2D eigenvalue weighted by Gasteiger charge is -2.13. The largest absolute Gasteiger partial charge is 0.493 e. The second kappa shape index (κ2) is 10.2. The summed E-state index contributed by atoms with van der Waals surface area (Å²) < 4.78 is 15.3. The summed E-state index contributed by atoms with van der Waals surface area (Å²) >= 11 is 0. The Balaban J connectivity index is 2.93. The molecule has 1 atom stereocenters. The number of nitrogens with one attached hydrogen (secondary N) is 1. The predicted molar refractivity (Wildman–Crippen MR) is 93.6 cm³/mol. The number of nitrogens with zero attached hydrogens (tertiary/aromatic N) is 1. The normalized spacial score (nSPS) is 11.4. The fraction of sp³-hybridized carbons (Fsp3) is 0.529. The molecule has 9 nitrogen and oxygen atoms in total. The summed E-state index contributed by atoms with van der Waals surface area (Å²) in [6.45, 7) is 5.28. The summed E-state index contributed by atoms with van der Waals surface area (Å²) in [5.74, 6) is -1.16. The number of hydrogen-bond donors (Lipinski definition) is 1. The van der Waals surface area contributed by atoms with E-state index >= 15 is 0 Å². The zero-order chi connectivity index (χ0) is 19.7. The molecule has 0 saturated carbocycles. The number of amides is 1. The van der Waals surface area contributed by atoms with Crippen LogP contribution in [-0.2, 0) is 9.53 Å². The van der Waals surface area contributed by atoms with Gasteiger partial charge in [0.25, 0.3) is 11.6 Å². The first-order chi connectivity index (χ1) is 12.3. The minimum atomic E-state index is -0.989. The van der Waals surface area contributed by atoms with Gasteiger partial charge in [0.05, 0.1) is 24.7 Å². The Morgan fingerprint density at radius 3 is 2.50 bits per heavy atom. The average molecular weight is 368 g/mol. The molecule has 0 aliphatic carbocycles. The van der Waals surface area contributed by atoms with Crippen molar-refractivity contribution in [2.45, 2.75) is 39.7 Å². The SMILES string of the molecule is CCC[C@@H](C)NC(=O)COC(=O)c1cc(OC)c(OCC)cc1[N+](=O)[O-]. The third kappa shape index (κ3) is 5.91. The molecule has 26 heavy (non-hydrogen) atoms. The third-order valence-corrected chi connectivity index (χ3v) is 3.46. The van der Waals surface area contributed by atoms with Gasteiger partial charge in [-0.05, 0) is 20.3 Å². The van der Waals surface area contributed by atoms with Gasteiger partial charge in [-0.2, -0.15) is 0 Å². The first-order valence-electron chi connectivity index (χ1n) is 8.29. The summed E-state index contributed by atoms with van der Waals surface area (Å²) in [4.78, 5) is 34.5. The van der Waals surface area contributed by atoms with E-state index in [4.69, 9.17) is 14.2 Å². The number of ether oxygens (including phenoxy) is 3. The standard InChI is InChI=1S/C17H24N2O7/c1-5-7-11(3)18-16(20)10-26-17(21)12-8-14(24-4)15(25-6-2)9-13(12)19(22)23/h8-9,11H,5-7,10H2,1-4H3,(H,18,20)/t11-/m1/s1. The van der Waals surface area contributed by atoms with Crippen molar-refractivity contribution < 1.29 is 28.7 Å². The predicted octanol–water partition coefficient (Wildman–Crippen LogP) is 2.46. The quantitative estimate of drug-likeness (QED) is 0.383. The van der Waals surface area contributed by atoms with Gasteiger partial charge in [0.2, 0.25) is 0 Å². The van der Waals surface area contributed by atoms with Crippen molar-refractivity contribution in [1.29, 1.82) is 0 Å². The molecule has 144 valence electrons. The maximum Gasteiger partial charge on any atom is 0.345 e. The van der Waals surface area contributed by atoms with Gasteiger partial charge >= 0.3 is 5.97 Å². The van der Waals surface area contributed by atoms with Gasteiger partial charge in [-0.25, -0.2) is 4.79 Å². The molecule has 1 aromatic rings. The average Bonchev–Trinajstić information content (AvgIpc) is 2.59. The summed E-state index contributed by atoms with van der Waals surface area (Å²) in [7, 11) is 1.35. The Morgan fingerprint density at radius 2 is 1.96 bits per heavy atom. The van der Waals surface area contributed by atoms with Crippen LogP contribution in [0.25, 0.3) is 0 Å². The summed E-state index contributed by atoms with van der Waals surface area (Å²) in [6.07, 6.45) is 1.70. The maximum absolute atomic E-state index is 12.2.